The molecule has 2 N–H and O–H groups in total. The first-order valence-electron chi connectivity index (χ1n) is 8.50. The first kappa shape index (κ1) is 18.2. The molecule has 136 valence electrons. The Morgan fingerprint density at radius 3 is 2.11 bits per heavy atom. The van der Waals surface area contributed by atoms with Gasteiger partial charge in [0.2, 0.25) is 0 Å². The molecule has 1 amide bonds. The van der Waals surface area contributed by atoms with Crippen molar-refractivity contribution >= 4 is 17.6 Å². The Balaban J connectivity index is 1.66. The fraction of sp³-hybridized carbons (Fsp3) is 0.0909. The molecular weight excluding hydrogens is 342 g/mol. The second-order valence-corrected chi connectivity index (χ2v) is 5.99. The Hall–Kier alpha value is -3.60. The third-order valence-corrected chi connectivity index (χ3v) is 4.06. The van der Waals surface area contributed by atoms with Crippen LogP contribution in [0.5, 0.6) is 5.75 Å². The van der Waals surface area contributed by atoms with E-state index in [1.54, 1.807) is 37.3 Å². The summed E-state index contributed by atoms with van der Waals surface area (Å²) in [7, 11) is 0. The first-order valence-corrected chi connectivity index (χ1v) is 8.50. The number of nitrogens with one attached hydrogen (secondary N) is 1. The SMILES string of the molecule is C[C@@H](Oc1ccc(-c2ccccc2)cc1)C(=O)Nc1ccccc1C(=O)O. The monoisotopic (exact) mass is 361 g/mol. The number of hydrogen-bond acceptors (Lipinski definition) is 3. The van der Waals surface area contributed by atoms with E-state index in [1.165, 1.54) is 6.07 Å². The van der Waals surface area contributed by atoms with Crippen LogP contribution in [0.4, 0.5) is 5.69 Å². The molecule has 0 aliphatic carbocycles. The molecule has 0 aliphatic rings. The van der Waals surface area contributed by atoms with Gasteiger partial charge in [-0.2, -0.15) is 0 Å². The van der Waals surface area contributed by atoms with Gasteiger partial charge >= 0.3 is 5.97 Å². The molecule has 3 rings (SSSR count). The van der Waals surface area contributed by atoms with Gasteiger partial charge < -0.3 is 15.2 Å². The predicted octanol–water partition coefficient (Wildman–Crippen LogP) is 4.46. The maximum atomic E-state index is 12.4. The van der Waals surface area contributed by atoms with Crippen molar-refractivity contribution in [2.75, 3.05) is 5.32 Å². The van der Waals surface area contributed by atoms with Gasteiger partial charge in [0.25, 0.3) is 5.91 Å². The van der Waals surface area contributed by atoms with Gasteiger partial charge in [-0.15, -0.1) is 0 Å². The second-order valence-electron chi connectivity index (χ2n) is 5.99. The number of amides is 1. The number of carboxylic acids is 1. The van der Waals surface area contributed by atoms with Crippen LogP contribution in [0.25, 0.3) is 11.1 Å². The largest absolute Gasteiger partial charge is 0.481 e. The highest BCUT2D eigenvalue weighted by atomic mass is 16.5. The van der Waals surface area contributed by atoms with E-state index in [-0.39, 0.29) is 11.3 Å². The van der Waals surface area contributed by atoms with E-state index >= 15 is 0 Å². The molecule has 0 saturated heterocycles. The Labute approximate surface area is 157 Å². The summed E-state index contributed by atoms with van der Waals surface area (Å²) in [5.41, 5.74) is 2.42. The van der Waals surface area contributed by atoms with E-state index in [1.807, 2.05) is 42.5 Å². The standard InChI is InChI=1S/C22H19NO4/c1-15(21(24)23-20-10-6-5-9-19(20)22(25)26)27-18-13-11-17(12-14-18)16-7-3-2-4-8-16/h2-15H,1H3,(H,23,24)(H,25,26)/t15-/m1/s1. The van der Waals surface area contributed by atoms with Crippen molar-refractivity contribution in [3.8, 4) is 16.9 Å². The summed E-state index contributed by atoms with van der Waals surface area (Å²) in [5, 5.41) is 11.8. The third-order valence-electron chi connectivity index (χ3n) is 4.06. The third kappa shape index (κ3) is 4.52. The van der Waals surface area contributed by atoms with Crippen molar-refractivity contribution in [2.45, 2.75) is 13.0 Å². The molecule has 0 spiro atoms. The van der Waals surface area contributed by atoms with Crippen molar-refractivity contribution in [3.05, 3.63) is 84.4 Å². The lowest BCUT2D eigenvalue weighted by atomic mass is 10.1. The minimum absolute atomic E-state index is 0.0327. The highest BCUT2D eigenvalue weighted by Crippen LogP contribution is 2.23. The average molecular weight is 361 g/mol. The van der Waals surface area contributed by atoms with Gasteiger partial charge in [0.1, 0.15) is 5.75 Å². The van der Waals surface area contributed by atoms with E-state index in [0.717, 1.165) is 11.1 Å². The van der Waals surface area contributed by atoms with Crippen LogP contribution in [-0.4, -0.2) is 23.1 Å². The molecule has 0 unspecified atom stereocenters. The van der Waals surface area contributed by atoms with Crippen LogP contribution in [0.3, 0.4) is 0 Å². The molecule has 0 aliphatic heterocycles. The Morgan fingerprint density at radius 1 is 0.852 bits per heavy atom. The molecule has 0 heterocycles. The van der Waals surface area contributed by atoms with Gasteiger partial charge in [-0.25, -0.2) is 4.79 Å². The van der Waals surface area contributed by atoms with Crippen LogP contribution >= 0.6 is 0 Å². The van der Waals surface area contributed by atoms with Crippen molar-refractivity contribution in [1.82, 2.24) is 0 Å². The molecule has 3 aromatic carbocycles. The normalized spacial score (nSPS) is 11.4. The van der Waals surface area contributed by atoms with Crippen LogP contribution in [-0.2, 0) is 4.79 Å². The van der Waals surface area contributed by atoms with Crippen LogP contribution in [0.2, 0.25) is 0 Å². The maximum Gasteiger partial charge on any atom is 0.337 e. The topological polar surface area (TPSA) is 75.6 Å². The zero-order valence-corrected chi connectivity index (χ0v) is 14.8. The molecule has 0 bridgehead atoms. The number of carbonyl (C=O) groups excluding carboxylic acids is 1. The predicted molar refractivity (Wildman–Crippen MR) is 104 cm³/mol. The number of carbonyl (C=O) groups is 2. The number of benzene rings is 3. The van der Waals surface area contributed by atoms with Gasteiger partial charge in [-0.1, -0.05) is 54.6 Å². The van der Waals surface area contributed by atoms with Gasteiger partial charge in [0, 0.05) is 0 Å². The van der Waals surface area contributed by atoms with E-state index in [4.69, 9.17) is 4.74 Å². The highest BCUT2D eigenvalue weighted by molar-refractivity contribution is 6.01. The van der Waals surface area contributed by atoms with Gasteiger partial charge in [0.15, 0.2) is 6.10 Å². The summed E-state index contributed by atoms with van der Waals surface area (Å²) in [4.78, 5) is 23.6. The number of ether oxygens (including phenoxy) is 1. The molecule has 5 nitrogen and oxygen atoms in total. The van der Waals surface area contributed by atoms with Gasteiger partial charge in [0.05, 0.1) is 11.3 Å². The Bertz CT molecular complexity index is 936. The van der Waals surface area contributed by atoms with Crippen LogP contribution in [0, 0.1) is 0 Å². The number of hydrogen-bond donors (Lipinski definition) is 2. The smallest absolute Gasteiger partial charge is 0.337 e. The number of rotatable bonds is 6. The quantitative estimate of drug-likeness (QED) is 0.680. The number of carboxylic acid groups (broad SMARTS) is 1. The van der Waals surface area contributed by atoms with Crippen LogP contribution in [0.1, 0.15) is 17.3 Å². The lowest BCUT2D eigenvalue weighted by molar-refractivity contribution is -0.122. The summed E-state index contributed by atoms with van der Waals surface area (Å²) >= 11 is 0. The van der Waals surface area contributed by atoms with E-state index in [9.17, 15) is 14.7 Å². The molecule has 0 aromatic heterocycles. The summed E-state index contributed by atoms with van der Waals surface area (Å²) in [6.45, 7) is 1.61. The van der Waals surface area contributed by atoms with E-state index in [0.29, 0.717) is 5.75 Å². The van der Waals surface area contributed by atoms with Crippen molar-refractivity contribution in [1.29, 1.82) is 0 Å². The molecule has 0 fully saturated rings. The molecule has 27 heavy (non-hydrogen) atoms. The minimum Gasteiger partial charge on any atom is -0.481 e. The molecule has 0 saturated carbocycles. The maximum absolute atomic E-state index is 12.4. The minimum atomic E-state index is -1.10. The second kappa shape index (κ2) is 8.19. The lowest BCUT2D eigenvalue weighted by Gasteiger charge is -2.16. The van der Waals surface area contributed by atoms with Crippen LogP contribution in [0.15, 0.2) is 78.9 Å². The fourth-order valence-corrected chi connectivity index (χ4v) is 2.63. The zero-order chi connectivity index (χ0) is 19.2. The molecule has 3 aromatic rings. The molecule has 5 heteroatoms. The summed E-state index contributed by atoms with van der Waals surface area (Å²) in [6, 6.07) is 23.7. The zero-order valence-electron chi connectivity index (χ0n) is 14.8. The Kier molecular flexibility index (Phi) is 5.52. The van der Waals surface area contributed by atoms with Gasteiger partial charge in [-0.3, -0.25) is 4.79 Å². The lowest BCUT2D eigenvalue weighted by Crippen LogP contribution is -2.30. The average Bonchev–Trinajstić information content (AvgIpc) is 2.69. The number of para-hydroxylation sites is 1. The van der Waals surface area contributed by atoms with Crippen LogP contribution < -0.4 is 10.1 Å². The van der Waals surface area contributed by atoms with Gasteiger partial charge in [-0.05, 0) is 42.3 Å². The molecule has 1 atom stereocenters. The van der Waals surface area contributed by atoms with Crippen molar-refractivity contribution in [3.63, 3.8) is 0 Å². The number of anilines is 1. The summed E-state index contributed by atoms with van der Waals surface area (Å²) in [5.74, 6) is -0.962. The summed E-state index contributed by atoms with van der Waals surface area (Å²) < 4.78 is 5.68. The Morgan fingerprint density at radius 2 is 1.44 bits per heavy atom. The van der Waals surface area contributed by atoms with E-state index < -0.39 is 18.0 Å². The highest BCUT2D eigenvalue weighted by Gasteiger charge is 2.18. The molecule has 0 radical (unpaired) electrons. The molecular formula is C22H19NO4. The number of aromatic carboxylic acids is 1. The summed E-state index contributed by atoms with van der Waals surface area (Å²) in [6.07, 6.45) is -0.783. The van der Waals surface area contributed by atoms with E-state index in [2.05, 4.69) is 5.32 Å². The first-order chi connectivity index (χ1) is 13.0. The fourth-order valence-electron chi connectivity index (χ4n) is 2.63. The van der Waals surface area contributed by atoms with Crippen molar-refractivity contribution < 1.29 is 19.4 Å². The van der Waals surface area contributed by atoms with Crippen molar-refractivity contribution in [2.24, 2.45) is 0 Å².